The van der Waals surface area contributed by atoms with Gasteiger partial charge in [-0.2, -0.15) is 9.78 Å². The average Bonchev–Trinajstić information content (AvgIpc) is 2.90. The summed E-state index contributed by atoms with van der Waals surface area (Å²) in [6.45, 7) is 9.91. The number of benzene rings is 2. The van der Waals surface area contributed by atoms with Crippen molar-refractivity contribution in [3.63, 3.8) is 0 Å². The molecule has 11 heteroatoms. The van der Waals surface area contributed by atoms with E-state index in [-0.39, 0.29) is 12.5 Å². The monoisotopic (exact) mass is 565 g/mol. The fourth-order valence-electron chi connectivity index (χ4n) is 4.74. The zero-order chi connectivity index (χ0) is 29.9. The Morgan fingerprint density at radius 3 is 2.54 bits per heavy atom. The molecular formula is C30H36FN5O5. The summed E-state index contributed by atoms with van der Waals surface area (Å²) in [5.41, 5.74) is 0.0868. The predicted molar refractivity (Wildman–Crippen MR) is 152 cm³/mol. The van der Waals surface area contributed by atoms with Gasteiger partial charge in [0, 0.05) is 19.6 Å². The van der Waals surface area contributed by atoms with E-state index >= 15 is 0 Å². The third-order valence-electron chi connectivity index (χ3n) is 6.97. The first-order chi connectivity index (χ1) is 19.3. The third kappa shape index (κ3) is 7.27. The lowest BCUT2D eigenvalue weighted by Gasteiger charge is -2.32. The van der Waals surface area contributed by atoms with Gasteiger partial charge in [0.1, 0.15) is 11.4 Å². The van der Waals surface area contributed by atoms with Gasteiger partial charge in [0.05, 0.1) is 12.2 Å². The molecule has 1 fully saturated rings. The van der Waals surface area contributed by atoms with Crippen LogP contribution in [-0.4, -0.2) is 56.5 Å². The number of nitrogens with zero attached hydrogens (tertiary/aromatic N) is 4. The maximum Gasteiger partial charge on any atom is 0.407 e. The molecule has 1 saturated heterocycles. The maximum atomic E-state index is 13.9. The molecule has 1 aliphatic rings. The van der Waals surface area contributed by atoms with Crippen molar-refractivity contribution in [1.82, 2.24) is 24.6 Å². The standard InChI is InChI=1S/C30H36FN5O5/c1-19-11-12-24(14-20(19)2)36-29(40)35(18-21-8-6-10-23(31)15-21)27(38)25(33-36)26(37)34-13-7-9-22(17-34)16-32-28(39)41-30(3,4)5/h6,8,10-12,14-15,22H,7,9,13,16-18H2,1-5H3,(H,32,39). The number of carbonyl (C=O) groups excluding carboxylic acids is 2. The Hall–Kier alpha value is -4.28. The van der Waals surface area contributed by atoms with Crippen molar-refractivity contribution in [3.05, 3.63) is 91.5 Å². The number of rotatable bonds is 6. The van der Waals surface area contributed by atoms with Crippen LogP contribution in [0.5, 0.6) is 0 Å². The highest BCUT2D eigenvalue weighted by molar-refractivity contribution is 5.92. The van der Waals surface area contributed by atoms with Crippen molar-refractivity contribution in [1.29, 1.82) is 0 Å². The first kappa shape index (κ1) is 29.7. The van der Waals surface area contributed by atoms with Gasteiger partial charge in [-0.3, -0.25) is 14.2 Å². The Labute approximate surface area is 237 Å². The maximum absolute atomic E-state index is 13.9. The van der Waals surface area contributed by atoms with Gasteiger partial charge in [-0.05, 0) is 94.3 Å². The van der Waals surface area contributed by atoms with Crippen molar-refractivity contribution in [2.75, 3.05) is 19.6 Å². The first-order valence-electron chi connectivity index (χ1n) is 13.6. The van der Waals surface area contributed by atoms with E-state index in [1.165, 1.54) is 23.1 Å². The Balaban J connectivity index is 1.67. The number of nitrogens with one attached hydrogen (secondary N) is 1. The van der Waals surface area contributed by atoms with Crippen LogP contribution in [0.1, 0.15) is 60.8 Å². The molecule has 0 saturated carbocycles. The van der Waals surface area contributed by atoms with Crippen LogP contribution in [0.3, 0.4) is 0 Å². The lowest BCUT2D eigenvalue weighted by molar-refractivity contribution is 0.0501. The number of alkyl carbamates (subject to hydrolysis) is 1. The van der Waals surface area contributed by atoms with Gasteiger partial charge in [-0.25, -0.2) is 14.0 Å². The lowest BCUT2D eigenvalue weighted by atomic mass is 9.98. The minimum atomic E-state index is -0.849. The van der Waals surface area contributed by atoms with Crippen molar-refractivity contribution in [2.24, 2.45) is 5.92 Å². The smallest absolute Gasteiger partial charge is 0.407 e. The second-order valence-electron chi connectivity index (χ2n) is 11.5. The summed E-state index contributed by atoms with van der Waals surface area (Å²) in [5, 5.41) is 7.01. The second-order valence-corrected chi connectivity index (χ2v) is 11.5. The van der Waals surface area contributed by atoms with E-state index in [4.69, 9.17) is 4.74 Å². The van der Waals surface area contributed by atoms with Crippen LogP contribution < -0.4 is 16.6 Å². The van der Waals surface area contributed by atoms with E-state index in [1.54, 1.807) is 39.0 Å². The first-order valence-corrected chi connectivity index (χ1v) is 13.6. The topological polar surface area (TPSA) is 116 Å². The van der Waals surface area contributed by atoms with E-state index in [0.717, 1.165) is 26.8 Å². The molecule has 0 radical (unpaired) electrons. The summed E-state index contributed by atoms with van der Waals surface area (Å²) in [6.07, 6.45) is 0.905. The molecule has 2 aromatic carbocycles. The number of piperidine rings is 1. The number of hydrogen-bond acceptors (Lipinski definition) is 6. The fourth-order valence-corrected chi connectivity index (χ4v) is 4.74. The largest absolute Gasteiger partial charge is 0.444 e. The Kier molecular flexibility index (Phi) is 8.74. The van der Waals surface area contributed by atoms with Crippen molar-refractivity contribution in [2.45, 2.75) is 59.6 Å². The molecule has 2 heterocycles. The number of likely N-dealkylation sites (tertiary alicyclic amines) is 1. The van der Waals surface area contributed by atoms with Gasteiger partial charge >= 0.3 is 11.8 Å². The summed E-state index contributed by atoms with van der Waals surface area (Å²) in [4.78, 5) is 54.5. The molecule has 1 atom stereocenters. The molecule has 3 aromatic rings. The Bertz CT molecular complexity index is 1570. The van der Waals surface area contributed by atoms with Crippen LogP contribution in [0.4, 0.5) is 9.18 Å². The number of carbonyl (C=O) groups is 2. The molecule has 218 valence electrons. The molecule has 1 aliphatic heterocycles. The highest BCUT2D eigenvalue weighted by Crippen LogP contribution is 2.18. The summed E-state index contributed by atoms with van der Waals surface area (Å²) in [5.74, 6) is -1.17. The van der Waals surface area contributed by atoms with Crippen molar-refractivity contribution < 1.29 is 18.7 Å². The van der Waals surface area contributed by atoms with Crippen LogP contribution in [0, 0.1) is 25.6 Å². The molecule has 0 aliphatic carbocycles. The Morgan fingerprint density at radius 1 is 1.10 bits per heavy atom. The number of aromatic nitrogens is 3. The summed E-state index contributed by atoms with van der Waals surface area (Å²) in [6, 6.07) is 10.9. The lowest BCUT2D eigenvalue weighted by Crippen LogP contribution is -2.49. The van der Waals surface area contributed by atoms with Crippen LogP contribution in [0.15, 0.2) is 52.1 Å². The predicted octanol–water partition coefficient (Wildman–Crippen LogP) is 3.58. The zero-order valence-corrected chi connectivity index (χ0v) is 24.1. The minimum Gasteiger partial charge on any atom is -0.444 e. The van der Waals surface area contributed by atoms with E-state index in [0.29, 0.717) is 37.3 Å². The third-order valence-corrected chi connectivity index (χ3v) is 6.97. The highest BCUT2D eigenvalue weighted by atomic mass is 19.1. The molecular weight excluding hydrogens is 529 g/mol. The summed E-state index contributed by atoms with van der Waals surface area (Å²) >= 11 is 0. The van der Waals surface area contributed by atoms with E-state index < -0.39 is 40.4 Å². The SMILES string of the molecule is Cc1ccc(-n2nc(C(=O)N3CCCC(CNC(=O)OC(C)(C)C)C3)c(=O)n(Cc3cccc(F)c3)c2=O)cc1C. The average molecular weight is 566 g/mol. The van der Waals surface area contributed by atoms with Crippen LogP contribution in [-0.2, 0) is 11.3 Å². The van der Waals surface area contributed by atoms with E-state index in [9.17, 15) is 23.6 Å². The van der Waals surface area contributed by atoms with E-state index in [2.05, 4.69) is 10.4 Å². The van der Waals surface area contributed by atoms with Crippen molar-refractivity contribution in [3.8, 4) is 5.69 Å². The van der Waals surface area contributed by atoms with Gasteiger partial charge in [-0.15, -0.1) is 0 Å². The van der Waals surface area contributed by atoms with E-state index in [1.807, 2.05) is 19.9 Å². The normalized spacial score (nSPS) is 15.5. The molecule has 1 unspecified atom stereocenters. The summed E-state index contributed by atoms with van der Waals surface area (Å²) < 4.78 is 21.2. The highest BCUT2D eigenvalue weighted by Gasteiger charge is 2.30. The minimum absolute atomic E-state index is 0.0552. The molecule has 0 spiro atoms. The second kappa shape index (κ2) is 12.1. The van der Waals surface area contributed by atoms with Gasteiger partial charge in [0.25, 0.3) is 11.5 Å². The molecule has 2 amide bonds. The van der Waals surface area contributed by atoms with Gasteiger partial charge in [-0.1, -0.05) is 18.2 Å². The number of amides is 2. The zero-order valence-electron chi connectivity index (χ0n) is 24.1. The van der Waals surface area contributed by atoms with Crippen LogP contribution in [0.25, 0.3) is 5.69 Å². The number of aryl methyl sites for hydroxylation is 2. The van der Waals surface area contributed by atoms with Crippen LogP contribution >= 0.6 is 0 Å². The van der Waals surface area contributed by atoms with Gasteiger partial charge < -0.3 is 15.0 Å². The summed E-state index contributed by atoms with van der Waals surface area (Å²) in [7, 11) is 0. The molecule has 41 heavy (non-hydrogen) atoms. The number of ether oxygens (including phenoxy) is 1. The number of hydrogen-bond donors (Lipinski definition) is 1. The quantitative estimate of drug-likeness (QED) is 0.489. The Morgan fingerprint density at radius 2 is 1.85 bits per heavy atom. The fraction of sp³-hybridized carbons (Fsp3) is 0.433. The molecule has 1 N–H and O–H groups in total. The van der Waals surface area contributed by atoms with Crippen molar-refractivity contribution >= 4 is 12.0 Å². The molecule has 1 aromatic heterocycles. The number of halogens is 1. The van der Waals surface area contributed by atoms with Gasteiger partial charge in [0.15, 0.2) is 0 Å². The molecule has 4 rings (SSSR count). The molecule has 0 bridgehead atoms. The van der Waals surface area contributed by atoms with Crippen LogP contribution in [0.2, 0.25) is 0 Å². The van der Waals surface area contributed by atoms with Gasteiger partial charge in [0.2, 0.25) is 5.69 Å². The molecule has 10 nitrogen and oxygen atoms in total.